The summed E-state index contributed by atoms with van der Waals surface area (Å²) in [4.78, 5) is 19.7. The maximum Gasteiger partial charge on any atom is 0.263 e. The molecule has 0 saturated heterocycles. The third-order valence-corrected chi connectivity index (χ3v) is 3.53. The number of hydrogen-bond donors (Lipinski definition) is 1. The SMILES string of the molecule is O=c1c(-c2nc(-c3ccccc3)no2)c[nH]c2ccc(F)cc12. The predicted molar refractivity (Wildman–Crippen MR) is 83.3 cm³/mol. The Labute approximate surface area is 129 Å². The van der Waals surface area contributed by atoms with Gasteiger partial charge in [0.15, 0.2) is 0 Å². The van der Waals surface area contributed by atoms with Crippen LogP contribution in [0.2, 0.25) is 0 Å². The molecule has 0 amide bonds. The van der Waals surface area contributed by atoms with Crippen molar-refractivity contribution in [1.82, 2.24) is 15.1 Å². The minimum Gasteiger partial charge on any atom is -0.360 e. The van der Waals surface area contributed by atoms with E-state index in [2.05, 4.69) is 15.1 Å². The van der Waals surface area contributed by atoms with Crippen molar-refractivity contribution in [3.8, 4) is 22.8 Å². The molecule has 6 heteroatoms. The Bertz CT molecular complexity index is 1050. The summed E-state index contributed by atoms with van der Waals surface area (Å²) in [7, 11) is 0. The third-order valence-electron chi connectivity index (χ3n) is 3.53. The lowest BCUT2D eigenvalue weighted by molar-refractivity contribution is 0.432. The molecule has 0 atom stereocenters. The molecule has 2 aromatic carbocycles. The van der Waals surface area contributed by atoms with E-state index in [1.54, 1.807) is 0 Å². The van der Waals surface area contributed by atoms with Crippen molar-refractivity contribution in [2.45, 2.75) is 0 Å². The average Bonchev–Trinajstić information content (AvgIpc) is 3.06. The Hall–Kier alpha value is -3.28. The van der Waals surface area contributed by atoms with E-state index in [-0.39, 0.29) is 22.3 Å². The van der Waals surface area contributed by atoms with Gasteiger partial charge < -0.3 is 9.51 Å². The molecule has 2 aromatic heterocycles. The molecule has 0 aliphatic rings. The number of aromatic amines is 1. The van der Waals surface area contributed by atoms with E-state index in [9.17, 15) is 9.18 Å². The molecule has 1 N–H and O–H groups in total. The van der Waals surface area contributed by atoms with Gasteiger partial charge in [-0.3, -0.25) is 4.79 Å². The predicted octanol–water partition coefficient (Wildman–Crippen LogP) is 3.38. The number of H-pyrrole nitrogens is 1. The highest BCUT2D eigenvalue weighted by Gasteiger charge is 2.15. The Balaban J connectivity index is 1.86. The number of nitrogens with zero attached hydrogens (tertiary/aromatic N) is 2. The zero-order chi connectivity index (χ0) is 15.8. The monoisotopic (exact) mass is 307 g/mol. The van der Waals surface area contributed by atoms with E-state index in [0.717, 1.165) is 5.56 Å². The van der Waals surface area contributed by atoms with Gasteiger partial charge in [-0.25, -0.2) is 4.39 Å². The summed E-state index contributed by atoms with van der Waals surface area (Å²) in [5.74, 6) is 0.00579. The highest BCUT2D eigenvalue weighted by atomic mass is 19.1. The minimum atomic E-state index is -0.476. The van der Waals surface area contributed by atoms with E-state index in [1.165, 1.54) is 24.4 Å². The van der Waals surface area contributed by atoms with Crippen molar-refractivity contribution in [3.05, 3.63) is 70.8 Å². The summed E-state index contributed by atoms with van der Waals surface area (Å²) in [6, 6.07) is 13.3. The maximum atomic E-state index is 13.4. The summed E-state index contributed by atoms with van der Waals surface area (Å²) in [6.07, 6.45) is 1.49. The van der Waals surface area contributed by atoms with Gasteiger partial charge in [-0.2, -0.15) is 4.98 Å². The van der Waals surface area contributed by atoms with Crippen LogP contribution in [0, 0.1) is 5.82 Å². The zero-order valence-electron chi connectivity index (χ0n) is 11.8. The number of nitrogens with one attached hydrogen (secondary N) is 1. The van der Waals surface area contributed by atoms with E-state index in [1.807, 2.05) is 30.3 Å². The molecule has 23 heavy (non-hydrogen) atoms. The second-order valence-electron chi connectivity index (χ2n) is 5.01. The summed E-state index contributed by atoms with van der Waals surface area (Å²) in [5.41, 5.74) is 1.17. The molecule has 0 unspecified atom stereocenters. The van der Waals surface area contributed by atoms with Crippen LogP contribution in [0.5, 0.6) is 0 Å². The molecule has 5 nitrogen and oxygen atoms in total. The quantitative estimate of drug-likeness (QED) is 0.616. The first-order valence-corrected chi connectivity index (χ1v) is 6.93. The second kappa shape index (κ2) is 5.17. The summed E-state index contributed by atoms with van der Waals surface area (Å²) in [6.45, 7) is 0. The van der Waals surface area contributed by atoms with Crippen LogP contribution in [0.4, 0.5) is 4.39 Å². The van der Waals surface area contributed by atoms with Crippen molar-refractivity contribution in [2.75, 3.05) is 0 Å². The van der Waals surface area contributed by atoms with Crippen LogP contribution >= 0.6 is 0 Å². The molecule has 0 aliphatic carbocycles. The topological polar surface area (TPSA) is 71.8 Å². The Morgan fingerprint density at radius 3 is 2.74 bits per heavy atom. The van der Waals surface area contributed by atoms with Crippen LogP contribution in [0.1, 0.15) is 0 Å². The molecular formula is C17H10FN3O2. The van der Waals surface area contributed by atoms with Crippen LogP contribution in [0.25, 0.3) is 33.7 Å². The third kappa shape index (κ3) is 2.30. The van der Waals surface area contributed by atoms with Gasteiger partial charge in [-0.05, 0) is 18.2 Å². The van der Waals surface area contributed by atoms with Gasteiger partial charge >= 0.3 is 0 Å². The molecule has 0 fully saturated rings. The molecular weight excluding hydrogens is 297 g/mol. The normalized spacial score (nSPS) is 11.0. The highest BCUT2D eigenvalue weighted by Crippen LogP contribution is 2.21. The van der Waals surface area contributed by atoms with Gasteiger partial charge in [-0.15, -0.1) is 0 Å². The number of halogens is 1. The maximum absolute atomic E-state index is 13.4. The minimum absolute atomic E-state index is 0.0938. The summed E-state index contributed by atoms with van der Waals surface area (Å²) >= 11 is 0. The number of pyridine rings is 1. The van der Waals surface area contributed by atoms with Gasteiger partial charge in [0.1, 0.15) is 11.4 Å². The van der Waals surface area contributed by atoms with Crippen LogP contribution in [0.15, 0.2) is 64.0 Å². The smallest absolute Gasteiger partial charge is 0.263 e. The van der Waals surface area contributed by atoms with Crippen LogP contribution in [-0.2, 0) is 0 Å². The average molecular weight is 307 g/mol. The van der Waals surface area contributed by atoms with Gasteiger partial charge in [0.25, 0.3) is 5.89 Å². The first-order valence-electron chi connectivity index (χ1n) is 6.93. The first kappa shape index (κ1) is 13.4. The molecule has 0 radical (unpaired) electrons. The van der Waals surface area contributed by atoms with E-state index in [0.29, 0.717) is 11.3 Å². The molecule has 4 rings (SSSR count). The Morgan fingerprint density at radius 2 is 1.91 bits per heavy atom. The van der Waals surface area contributed by atoms with E-state index < -0.39 is 5.82 Å². The van der Waals surface area contributed by atoms with Crippen molar-refractivity contribution in [2.24, 2.45) is 0 Å². The Morgan fingerprint density at radius 1 is 1.09 bits per heavy atom. The molecule has 112 valence electrons. The lowest BCUT2D eigenvalue weighted by atomic mass is 10.1. The van der Waals surface area contributed by atoms with Crippen molar-refractivity contribution in [1.29, 1.82) is 0 Å². The zero-order valence-corrected chi connectivity index (χ0v) is 11.8. The lowest BCUT2D eigenvalue weighted by Crippen LogP contribution is -2.06. The number of hydrogen-bond acceptors (Lipinski definition) is 4. The van der Waals surface area contributed by atoms with Crippen molar-refractivity contribution < 1.29 is 8.91 Å². The molecule has 0 bridgehead atoms. The van der Waals surface area contributed by atoms with E-state index in [4.69, 9.17) is 4.52 Å². The van der Waals surface area contributed by atoms with Crippen LogP contribution in [0.3, 0.4) is 0 Å². The second-order valence-corrected chi connectivity index (χ2v) is 5.01. The first-order chi connectivity index (χ1) is 11.2. The van der Waals surface area contributed by atoms with Gasteiger partial charge in [-0.1, -0.05) is 35.5 Å². The molecule has 0 saturated carbocycles. The standard InChI is InChI=1S/C17H10FN3O2/c18-11-6-7-14-12(8-11)15(22)13(9-19-14)17-20-16(21-23-17)10-4-2-1-3-5-10/h1-9H,(H,19,22). The summed E-state index contributed by atoms with van der Waals surface area (Å²) in [5, 5.41) is 4.13. The molecule has 4 aromatic rings. The van der Waals surface area contributed by atoms with Crippen molar-refractivity contribution in [3.63, 3.8) is 0 Å². The highest BCUT2D eigenvalue weighted by molar-refractivity contribution is 5.82. The lowest BCUT2D eigenvalue weighted by Gasteiger charge is -1.99. The van der Waals surface area contributed by atoms with Gasteiger partial charge in [0.2, 0.25) is 11.3 Å². The largest absolute Gasteiger partial charge is 0.360 e. The fourth-order valence-electron chi connectivity index (χ4n) is 2.39. The summed E-state index contributed by atoms with van der Waals surface area (Å²) < 4.78 is 18.6. The number of fused-ring (bicyclic) bond motifs is 1. The van der Waals surface area contributed by atoms with Gasteiger partial charge in [0, 0.05) is 22.7 Å². The molecule has 0 spiro atoms. The number of benzene rings is 2. The molecule has 2 heterocycles. The number of rotatable bonds is 2. The fraction of sp³-hybridized carbons (Fsp3) is 0. The fourth-order valence-corrected chi connectivity index (χ4v) is 2.39. The van der Waals surface area contributed by atoms with E-state index >= 15 is 0 Å². The van der Waals surface area contributed by atoms with Crippen molar-refractivity contribution >= 4 is 10.9 Å². The van der Waals surface area contributed by atoms with Crippen LogP contribution in [-0.4, -0.2) is 15.1 Å². The van der Waals surface area contributed by atoms with Gasteiger partial charge in [0.05, 0.1) is 0 Å². The Kier molecular flexibility index (Phi) is 3.01. The molecule has 0 aliphatic heterocycles. The van der Waals surface area contributed by atoms with Crippen LogP contribution < -0.4 is 5.43 Å². The number of aromatic nitrogens is 3.